The number of nitrogens with zero attached hydrogens (tertiary/aromatic N) is 2. The highest BCUT2D eigenvalue weighted by molar-refractivity contribution is 7.18. The van der Waals surface area contributed by atoms with Crippen LogP contribution < -0.4 is 4.74 Å². The van der Waals surface area contributed by atoms with Gasteiger partial charge in [-0.25, -0.2) is 4.98 Å². The van der Waals surface area contributed by atoms with Crippen LogP contribution in [0, 0.1) is 6.92 Å². The summed E-state index contributed by atoms with van der Waals surface area (Å²) in [6.45, 7) is 4.39. The molecule has 3 rings (SSSR count). The zero-order valence-corrected chi connectivity index (χ0v) is 15.5. The van der Waals surface area contributed by atoms with E-state index in [4.69, 9.17) is 4.74 Å². The molecule has 130 valence electrons. The van der Waals surface area contributed by atoms with E-state index in [1.807, 2.05) is 63.4 Å². The van der Waals surface area contributed by atoms with Crippen LogP contribution in [0.15, 0.2) is 48.5 Å². The summed E-state index contributed by atoms with van der Waals surface area (Å²) in [4.78, 5) is 18.9. The van der Waals surface area contributed by atoms with Gasteiger partial charge in [0.1, 0.15) is 10.8 Å². The Labute approximate surface area is 152 Å². The molecule has 0 unspecified atom stereocenters. The Kier molecular flexibility index (Phi) is 5.34. The number of aromatic nitrogens is 1. The van der Waals surface area contributed by atoms with Crippen molar-refractivity contribution in [1.82, 2.24) is 9.88 Å². The van der Waals surface area contributed by atoms with Crippen molar-refractivity contribution in [2.75, 3.05) is 13.7 Å². The van der Waals surface area contributed by atoms with E-state index in [0.29, 0.717) is 13.0 Å². The molecule has 0 radical (unpaired) electrons. The first-order valence-corrected chi connectivity index (χ1v) is 9.17. The molecule has 1 amide bonds. The van der Waals surface area contributed by atoms with Gasteiger partial charge >= 0.3 is 0 Å². The van der Waals surface area contributed by atoms with Crippen LogP contribution >= 0.6 is 11.3 Å². The van der Waals surface area contributed by atoms with Crippen LogP contribution in [-0.4, -0.2) is 29.4 Å². The van der Waals surface area contributed by atoms with Gasteiger partial charge in [0, 0.05) is 7.05 Å². The third-order valence-electron chi connectivity index (χ3n) is 4.31. The first kappa shape index (κ1) is 17.4. The van der Waals surface area contributed by atoms with Crippen molar-refractivity contribution in [3.05, 3.63) is 59.1 Å². The molecule has 0 spiro atoms. The monoisotopic (exact) mass is 354 g/mol. The fourth-order valence-corrected chi connectivity index (χ4v) is 3.66. The molecule has 0 N–H and O–H groups in total. The molecule has 1 heterocycles. The van der Waals surface area contributed by atoms with Crippen molar-refractivity contribution in [1.29, 1.82) is 0 Å². The summed E-state index contributed by atoms with van der Waals surface area (Å²) in [5, 5.41) is 0.955. The fourth-order valence-electron chi connectivity index (χ4n) is 2.59. The molecule has 25 heavy (non-hydrogen) atoms. The summed E-state index contributed by atoms with van der Waals surface area (Å²) in [7, 11) is 1.83. The second-order valence-corrected chi connectivity index (χ2v) is 7.13. The second-order valence-electron chi connectivity index (χ2n) is 6.06. The van der Waals surface area contributed by atoms with E-state index in [2.05, 4.69) is 11.1 Å². The molecule has 3 aromatic rings. The topological polar surface area (TPSA) is 42.4 Å². The van der Waals surface area contributed by atoms with Crippen molar-refractivity contribution >= 4 is 27.5 Å². The Bertz CT molecular complexity index is 842. The van der Waals surface area contributed by atoms with E-state index in [0.717, 1.165) is 26.5 Å². The number of hydrogen-bond acceptors (Lipinski definition) is 4. The molecular formula is C20H22N2O2S. The molecule has 1 aromatic heterocycles. The van der Waals surface area contributed by atoms with Crippen LogP contribution in [0.25, 0.3) is 10.2 Å². The van der Waals surface area contributed by atoms with Gasteiger partial charge < -0.3 is 9.64 Å². The smallest absolute Gasteiger partial charge is 0.226 e. The number of carbonyl (C=O) groups excluding carboxylic acids is 1. The maximum absolute atomic E-state index is 12.5. The molecular weight excluding hydrogens is 332 g/mol. The van der Waals surface area contributed by atoms with Crippen molar-refractivity contribution in [2.45, 2.75) is 26.3 Å². The summed E-state index contributed by atoms with van der Waals surface area (Å²) in [6, 6.07) is 15.8. The number of ether oxygens (including phenoxy) is 1. The molecule has 0 saturated heterocycles. The summed E-state index contributed by atoms with van der Waals surface area (Å²) < 4.78 is 6.88. The minimum atomic E-state index is -0.0524. The van der Waals surface area contributed by atoms with E-state index >= 15 is 0 Å². The third-order valence-corrected chi connectivity index (χ3v) is 5.52. The van der Waals surface area contributed by atoms with Gasteiger partial charge in [-0.15, -0.1) is 11.3 Å². The van der Waals surface area contributed by atoms with Crippen LogP contribution in [0.3, 0.4) is 0 Å². The molecule has 5 heteroatoms. The van der Waals surface area contributed by atoms with Crippen molar-refractivity contribution in [3.8, 4) is 5.75 Å². The van der Waals surface area contributed by atoms with Crippen LogP contribution in [-0.2, 0) is 4.79 Å². The summed E-state index contributed by atoms with van der Waals surface area (Å²) in [6.07, 6.45) is 0.347. The average Bonchev–Trinajstić information content (AvgIpc) is 3.06. The highest BCUT2D eigenvalue weighted by Gasteiger charge is 2.20. The quantitative estimate of drug-likeness (QED) is 0.650. The number of amides is 1. The number of benzene rings is 2. The highest BCUT2D eigenvalue weighted by atomic mass is 32.1. The predicted molar refractivity (Wildman–Crippen MR) is 102 cm³/mol. The van der Waals surface area contributed by atoms with Crippen LogP contribution in [0.1, 0.15) is 30.0 Å². The van der Waals surface area contributed by atoms with Crippen molar-refractivity contribution in [2.24, 2.45) is 0 Å². The maximum Gasteiger partial charge on any atom is 0.226 e. The number of hydrogen-bond donors (Lipinski definition) is 0. The molecule has 0 aliphatic carbocycles. The number of rotatable bonds is 6. The van der Waals surface area contributed by atoms with E-state index in [1.54, 1.807) is 16.2 Å². The van der Waals surface area contributed by atoms with Gasteiger partial charge in [0.2, 0.25) is 5.91 Å². The standard InChI is InChI=1S/C20H22N2O2S/c1-14-8-4-6-10-17(14)24-13-12-19(23)22(3)15(2)20-21-16-9-5-7-11-18(16)25-20/h4-11,15H,12-13H2,1-3H3/t15-/m1/s1. The van der Waals surface area contributed by atoms with Gasteiger partial charge in [-0.2, -0.15) is 0 Å². The first-order valence-electron chi connectivity index (χ1n) is 8.36. The van der Waals surface area contributed by atoms with Crippen LogP contribution in [0.4, 0.5) is 0 Å². The van der Waals surface area contributed by atoms with E-state index < -0.39 is 0 Å². The maximum atomic E-state index is 12.5. The van der Waals surface area contributed by atoms with Gasteiger partial charge in [-0.3, -0.25) is 4.79 Å². The fraction of sp³-hybridized carbons (Fsp3) is 0.300. The Morgan fingerprint density at radius 2 is 1.92 bits per heavy atom. The second kappa shape index (κ2) is 7.66. The summed E-state index contributed by atoms with van der Waals surface area (Å²) in [5.74, 6) is 0.887. The van der Waals surface area contributed by atoms with Gasteiger partial charge in [0.05, 0.1) is 29.3 Å². The van der Waals surface area contributed by atoms with E-state index in [1.165, 1.54) is 0 Å². The Hall–Kier alpha value is -2.40. The highest BCUT2D eigenvalue weighted by Crippen LogP contribution is 2.29. The minimum Gasteiger partial charge on any atom is -0.493 e. The third kappa shape index (κ3) is 3.99. The lowest BCUT2D eigenvalue weighted by molar-refractivity contribution is -0.132. The lowest BCUT2D eigenvalue weighted by Crippen LogP contribution is -2.30. The van der Waals surface area contributed by atoms with Crippen LogP contribution in [0.2, 0.25) is 0 Å². The number of aryl methyl sites for hydroxylation is 1. The van der Waals surface area contributed by atoms with Crippen molar-refractivity contribution in [3.63, 3.8) is 0 Å². The van der Waals surface area contributed by atoms with Crippen LogP contribution in [0.5, 0.6) is 5.75 Å². The number of fused-ring (bicyclic) bond motifs is 1. The molecule has 0 aliphatic heterocycles. The summed E-state index contributed by atoms with van der Waals surface area (Å²) in [5.41, 5.74) is 2.06. The summed E-state index contributed by atoms with van der Waals surface area (Å²) >= 11 is 1.64. The average molecular weight is 354 g/mol. The van der Waals surface area contributed by atoms with E-state index in [-0.39, 0.29) is 11.9 Å². The molecule has 0 saturated carbocycles. The molecule has 0 aliphatic rings. The SMILES string of the molecule is Cc1ccccc1OCCC(=O)N(C)[C@H](C)c1nc2ccccc2s1. The number of carbonyl (C=O) groups is 1. The molecule has 4 nitrogen and oxygen atoms in total. The zero-order chi connectivity index (χ0) is 17.8. The molecule has 0 fully saturated rings. The van der Waals surface area contributed by atoms with Gasteiger partial charge in [-0.1, -0.05) is 30.3 Å². The zero-order valence-electron chi connectivity index (χ0n) is 14.7. The number of para-hydroxylation sites is 2. The molecule has 2 aromatic carbocycles. The van der Waals surface area contributed by atoms with Gasteiger partial charge in [0.15, 0.2) is 0 Å². The lowest BCUT2D eigenvalue weighted by Gasteiger charge is -2.23. The molecule has 0 bridgehead atoms. The Balaban J connectivity index is 1.58. The van der Waals surface area contributed by atoms with E-state index in [9.17, 15) is 4.79 Å². The normalized spacial score (nSPS) is 12.1. The lowest BCUT2D eigenvalue weighted by atomic mass is 10.2. The predicted octanol–water partition coefficient (Wildman–Crippen LogP) is 4.59. The van der Waals surface area contributed by atoms with Gasteiger partial charge in [-0.05, 0) is 37.6 Å². The Morgan fingerprint density at radius 1 is 1.20 bits per heavy atom. The molecule has 1 atom stereocenters. The first-order chi connectivity index (χ1) is 12.1. The number of thiazole rings is 1. The largest absolute Gasteiger partial charge is 0.493 e. The van der Waals surface area contributed by atoms with Crippen molar-refractivity contribution < 1.29 is 9.53 Å². The minimum absolute atomic E-state index is 0.0524. The van der Waals surface area contributed by atoms with Gasteiger partial charge in [0.25, 0.3) is 0 Å². The Morgan fingerprint density at radius 3 is 2.68 bits per heavy atom.